The van der Waals surface area contributed by atoms with Crippen molar-refractivity contribution in [2.45, 2.75) is 42.2 Å². The number of nitrogen functional groups attached to an aromatic ring is 1. The fourth-order valence-corrected chi connectivity index (χ4v) is 4.71. The predicted molar refractivity (Wildman–Crippen MR) is 129 cm³/mol. The first-order valence-corrected chi connectivity index (χ1v) is 11.7. The van der Waals surface area contributed by atoms with E-state index in [1.807, 2.05) is 0 Å². The molecule has 1 aliphatic heterocycles. The molecule has 0 spiro atoms. The van der Waals surface area contributed by atoms with Crippen molar-refractivity contribution >= 4 is 59.1 Å². The van der Waals surface area contributed by atoms with Crippen LogP contribution in [-0.2, 0) is 16.6 Å². The first-order valence-electron chi connectivity index (χ1n) is 10.1. The molecular weight excluding hydrogens is 489 g/mol. The summed E-state index contributed by atoms with van der Waals surface area (Å²) in [4.78, 5) is 45.7. The second-order valence-corrected chi connectivity index (χ2v) is 10.3. The highest BCUT2D eigenvalue weighted by Gasteiger charge is 2.34. The van der Waals surface area contributed by atoms with E-state index >= 15 is 0 Å². The fraction of sp³-hybridized carbons (Fsp3) is 0.429. The summed E-state index contributed by atoms with van der Waals surface area (Å²) in [5.74, 6) is 0.334. The summed E-state index contributed by atoms with van der Waals surface area (Å²) in [6, 6.07) is 4.35. The number of amides is 1. The predicted octanol–water partition coefficient (Wildman–Crippen LogP) is 3.45. The smallest absolute Gasteiger partial charge is 0.411 e. The number of nitrogens with zero attached hydrogens (tertiary/aromatic N) is 4. The van der Waals surface area contributed by atoms with Crippen molar-refractivity contribution in [2.24, 2.45) is 7.05 Å². The monoisotopic (exact) mass is 513 g/mol. The molecule has 3 rings (SSSR count). The van der Waals surface area contributed by atoms with Gasteiger partial charge in [-0.2, -0.15) is 4.98 Å². The van der Waals surface area contributed by atoms with Gasteiger partial charge in [0.25, 0.3) is 5.56 Å². The standard InChI is InChI=1S/C21H25Cl2N5O4S/c1-21(2,3)32-20(31)28-9-8-27(10-12(28)11-29)19-25-17(24)16(18(30)26(19)4)33-14-7-5-6-13(22)15(14)23/h5-7,11-12H,8-10,24H2,1-4H3/t12-/m1/s1. The molecule has 0 bridgehead atoms. The van der Waals surface area contributed by atoms with Gasteiger partial charge in [0.1, 0.15) is 28.6 Å². The van der Waals surface area contributed by atoms with Crippen LogP contribution in [0.2, 0.25) is 10.0 Å². The molecule has 0 saturated carbocycles. The Morgan fingerprint density at radius 3 is 2.64 bits per heavy atom. The molecule has 1 aromatic carbocycles. The highest BCUT2D eigenvalue weighted by atomic mass is 35.5. The maximum Gasteiger partial charge on any atom is 0.411 e. The maximum atomic E-state index is 13.1. The molecule has 0 aliphatic carbocycles. The van der Waals surface area contributed by atoms with Crippen molar-refractivity contribution < 1.29 is 14.3 Å². The minimum absolute atomic E-state index is 0.0337. The van der Waals surface area contributed by atoms with Gasteiger partial charge in [-0.1, -0.05) is 41.0 Å². The van der Waals surface area contributed by atoms with Gasteiger partial charge >= 0.3 is 6.09 Å². The quantitative estimate of drug-likeness (QED) is 0.618. The van der Waals surface area contributed by atoms with Crippen LogP contribution < -0.4 is 16.2 Å². The molecule has 1 amide bonds. The molecular formula is C21H25Cl2N5O4S. The van der Waals surface area contributed by atoms with E-state index < -0.39 is 17.7 Å². The molecule has 2 heterocycles. The molecule has 1 fully saturated rings. The zero-order valence-corrected chi connectivity index (χ0v) is 21.0. The van der Waals surface area contributed by atoms with Gasteiger partial charge in [-0.05, 0) is 32.9 Å². The van der Waals surface area contributed by atoms with E-state index in [-0.39, 0.29) is 29.4 Å². The van der Waals surface area contributed by atoms with Crippen molar-refractivity contribution in [1.82, 2.24) is 14.5 Å². The van der Waals surface area contributed by atoms with E-state index in [9.17, 15) is 14.4 Å². The van der Waals surface area contributed by atoms with Crippen LogP contribution in [0.1, 0.15) is 20.8 Å². The summed E-state index contributed by atoms with van der Waals surface area (Å²) in [6.45, 7) is 5.99. The van der Waals surface area contributed by atoms with Gasteiger partial charge in [-0.15, -0.1) is 0 Å². The number of carbonyl (C=O) groups is 2. The number of hydrogen-bond acceptors (Lipinski definition) is 8. The first kappa shape index (κ1) is 25.2. The zero-order chi connectivity index (χ0) is 24.5. The Morgan fingerprint density at radius 2 is 2.00 bits per heavy atom. The van der Waals surface area contributed by atoms with Crippen molar-refractivity contribution in [2.75, 3.05) is 30.3 Å². The van der Waals surface area contributed by atoms with Gasteiger partial charge in [0.15, 0.2) is 0 Å². The van der Waals surface area contributed by atoms with Gasteiger partial charge in [-0.25, -0.2) is 4.79 Å². The van der Waals surface area contributed by atoms with E-state index in [4.69, 9.17) is 33.7 Å². The Bertz CT molecular complexity index is 1130. The molecule has 9 nitrogen and oxygen atoms in total. The average molecular weight is 514 g/mol. The molecule has 2 aromatic rings. The normalized spacial score (nSPS) is 16.6. The van der Waals surface area contributed by atoms with Crippen LogP contribution in [0.15, 0.2) is 32.8 Å². The number of piperazine rings is 1. The molecule has 33 heavy (non-hydrogen) atoms. The van der Waals surface area contributed by atoms with Crippen LogP contribution in [0.4, 0.5) is 16.6 Å². The average Bonchev–Trinajstić information content (AvgIpc) is 2.74. The van der Waals surface area contributed by atoms with Crippen LogP contribution in [0.5, 0.6) is 0 Å². The Labute approximate surface area is 205 Å². The Kier molecular flexibility index (Phi) is 7.50. The van der Waals surface area contributed by atoms with E-state index in [0.29, 0.717) is 33.7 Å². The third-order valence-corrected chi connectivity index (χ3v) is 6.95. The van der Waals surface area contributed by atoms with E-state index in [2.05, 4.69) is 4.98 Å². The summed E-state index contributed by atoms with van der Waals surface area (Å²) in [7, 11) is 1.57. The topological polar surface area (TPSA) is 111 Å². The number of ether oxygens (including phenoxy) is 1. The number of carbonyl (C=O) groups excluding carboxylic acids is 2. The second kappa shape index (κ2) is 9.82. The minimum Gasteiger partial charge on any atom is -0.444 e. The van der Waals surface area contributed by atoms with Crippen molar-refractivity contribution in [3.05, 3.63) is 38.6 Å². The summed E-state index contributed by atoms with van der Waals surface area (Å²) < 4.78 is 6.76. The molecule has 1 aromatic heterocycles. The third-order valence-electron chi connectivity index (χ3n) is 4.87. The molecule has 1 aliphatic rings. The lowest BCUT2D eigenvalue weighted by atomic mass is 10.2. The fourth-order valence-electron chi connectivity index (χ4n) is 3.29. The number of benzene rings is 1. The van der Waals surface area contributed by atoms with Gasteiger partial charge in [0, 0.05) is 31.6 Å². The van der Waals surface area contributed by atoms with Crippen molar-refractivity contribution in [3.63, 3.8) is 0 Å². The number of hydrogen-bond donors (Lipinski definition) is 1. The zero-order valence-electron chi connectivity index (χ0n) is 18.7. The van der Waals surface area contributed by atoms with Gasteiger partial charge in [-0.3, -0.25) is 14.3 Å². The molecule has 2 N–H and O–H groups in total. The van der Waals surface area contributed by atoms with Gasteiger partial charge in [0.05, 0.1) is 10.0 Å². The van der Waals surface area contributed by atoms with Crippen LogP contribution in [-0.4, -0.2) is 58.1 Å². The molecule has 0 radical (unpaired) electrons. The Morgan fingerprint density at radius 1 is 1.30 bits per heavy atom. The lowest BCUT2D eigenvalue weighted by molar-refractivity contribution is -0.112. The third kappa shape index (κ3) is 5.56. The van der Waals surface area contributed by atoms with E-state index in [1.165, 1.54) is 9.47 Å². The highest BCUT2D eigenvalue weighted by molar-refractivity contribution is 7.99. The van der Waals surface area contributed by atoms with Crippen LogP contribution in [0.25, 0.3) is 0 Å². The number of anilines is 2. The van der Waals surface area contributed by atoms with Crippen LogP contribution in [0.3, 0.4) is 0 Å². The molecule has 0 unspecified atom stereocenters. The van der Waals surface area contributed by atoms with Crippen LogP contribution >= 0.6 is 35.0 Å². The number of aldehydes is 1. The maximum absolute atomic E-state index is 13.1. The van der Waals surface area contributed by atoms with E-state index in [0.717, 1.165) is 11.8 Å². The van der Waals surface area contributed by atoms with Gasteiger partial charge < -0.3 is 20.2 Å². The molecule has 178 valence electrons. The lowest BCUT2D eigenvalue weighted by Crippen LogP contribution is -2.57. The lowest BCUT2D eigenvalue weighted by Gasteiger charge is -2.40. The summed E-state index contributed by atoms with van der Waals surface area (Å²) in [5.41, 5.74) is 5.10. The highest BCUT2D eigenvalue weighted by Crippen LogP contribution is 2.37. The van der Waals surface area contributed by atoms with Gasteiger partial charge in [0.2, 0.25) is 5.95 Å². The minimum atomic E-state index is -0.758. The Hall–Kier alpha value is -2.43. The summed E-state index contributed by atoms with van der Waals surface area (Å²) in [6.07, 6.45) is 0.119. The van der Waals surface area contributed by atoms with Crippen LogP contribution in [0, 0.1) is 0 Å². The molecule has 1 atom stereocenters. The number of rotatable bonds is 4. The SMILES string of the molecule is Cn1c(N2CCN(C(=O)OC(C)(C)C)[C@@H](C=O)C2)nc(N)c(Sc2cccc(Cl)c2Cl)c1=O. The summed E-state index contributed by atoms with van der Waals surface area (Å²) in [5, 5.41) is 0.686. The Balaban J connectivity index is 1.86. The summed E-state index contributed by atoms with van der Waals surface area (Å²) >= 11 is 13.4. The number of nitrogens with two attached hydrogens (primary N) is 1. The van der Waals surface area contributed by atoms with Crippen molar-refractivity contribution in [3.8, 4) is 0 Å². The molecule has 12 heteroatoms. The first-order chi connectivity index (χ1) is 15.4. The number of aromatic nitrogens is 2. The largest absolute Gasteiger partial charge is 0.444 e. The van der Waals surface area contributed by atoms with Crippen molar-refractivity contribution in [1.29, 1.82) is 0 Å². The second-order valence-electron chi connectivity index (χ2n) is 8.47. The van der Waals surface area contributed by atoms with E-state index in [1.54, 1.807) is 50.9 Å². The number of halogens is 2. The molecule has 1 saturated heterocycles.